The molecule has 0 radical (unpaired) electrons. The van der Waals surface area contributed by atoms with Crippen LogP contribution in [0.2, 0.25) is 0 Å². The molecule has 0 saturated carbocycles. The van der Waals surface area contributed by atoms with Crippen LogP contribution in [0, 0.1) is 0 Å². The summed E-state index contributed by atoms with van der Waals surface area (Å²) in [7, 11) is 0. The number of nitrogens with one attached hydrogen (secondary N) is 2. The van der Waals surface area contributed by atoms with E-state index < -0.39 is 6.09 Å². The minimum Gasteiger partial charge on any atom is -0.445 e. The van der Waals surface area contributed by atoms with E-state index in [9.17, 15) is 9.59 Å². The molecule has 1 aromatic heterocycles. The van der Waals surface area contributed by atoms with E-state index in [-0.39, 0.29) is 18.6 Å². The van der Waals surface area contributed by atoms with Crippen molar-refractivity contribution in [3.8, 4) is 0 Å². The van der Waals surface area contributed by atoms with E-state index in [1.54, 1.807) is 36.7 Å². The van der Waals surface area contributed by atoms with Gasteiger partial charge in [-0.25, -0.2) is 4.79 Å². The Kier molecular flexibility index (Phi) is 5.61. The number of anilines is 2. The van der Waals surface area contributed by atoms with Crippen molar-refractivity contribution >= 4 is 23.4 Å². The summed E-state index contributed by atoms with van der Waals surface area (Å²) < 4.78 is 5.28. The number of aryl methyl sites for hydroxylation is 1. The number of fused-ring (bicyclic) bond motifs is 1. The molecule has 1 atom stereocenters. The van der Waals surface area contributed by atoms with Crippen LogP contribution in [-0.2, 0) is 17.8 Å². The molecule has 3 aromatic rings. The topological polar surface area (TPSA) is 106 Å². The van der Waals surface area contributed by atoms with Crippen LogP contribution < -0.4 is 16.4 Å². The van der Waals surface area contributed by atoms with Gasteiger partial charge in [-0.1, -0.05) is 24.3 Å². The van der Waals surface area contributed by atoms with Gasteiger partial charge >= 0.3 is 6.09 Å². The number of carbonyl (C=O) groups excluding carboxylic acids is 2. The van der Waals surface area contributed by atoms with Crippen LogP contribution in [0.3, 0.4) is 0 Å². The summed E-state index contributed by atoms with van der Waals surface area (Å²) in [5, 5.41) is 5.74. The molecular formula is C23H22N4O3. The third kappa shape index (κ3) is 4.41. The van der Waals surface area contributed by atoms with Gasteiger partial charge in [0, 0.05) is 23.5 Å². The maximum Gasteiger partial charge on any atom is 0.407 e. The predicted molar refractivity (Wildman–Crippen MR) is 114 cm³/mol. The summed E-state index contributed by atoms with van der Waals surface area (Å²) >= 11 is 0. The highest BCUT2D eigenvalue weighted by molar-refractivity contribution is 6.05. The van der Waals surface area contributed by atoms with Gasteiger partial charge in [0.15, 0.2) is 0 Å². The SMILES string of the molecule is Nc1ccccc1NC(=O)c1ccc2c(c1)CC[C@@H]2NC(=O)OCc1cccnc1. The van der Waals surface area contributed by atoms with Gasteiger partial charge < -0.3 is 21.1 Å². The summed E-state index contributed by atoms with van der Waals surface area (Å²) in [6.45, 7) is 0.168. The molecule has 0 fully saturated rings. The number of ether oxygens (including phenoxy) is 1. The van der Waals surface area contributed by atoms with Gasteiger partial charge in [-0.3, -0.25) is 9.78 Å². The van der Waals surface area contributed by atoms with Gasteiger partial charge in [-0.15, -0.1) is 0 Å². The number of alkyl carbamates (subject to hydrolysis) is 1. The van der Waals surface area contributed by atoms with Gasteiger partial charge in [0.05, 0.1) is 17.4 Å². The number of para-hydroxylation sites is 2. The summed E-state index contributed by atoms with van der Waals surface area (Å²) in [6, 6.07) is 16.2. The zero-order valence-electron chi connectivity index (χ0n) is 16.3. The first-order valence-electron chi connectivity index (χ1n) is 9.71. The van der Waals surface area contributed by atoms with Crippen molar-refractivity contribution in [3.05, 3.63) is 89.2 Å². The number of benzene rings is 2. The van der Waals surface area contributed by atoms with Gasteiger partial charge in [0.2, 0.25) is 0 Å². The van der Waals surface area contributed by atoms with E-state index in [0.717, 1.165) is 29.5 Å². The molecule has 2 amide bonds. The van der Waals surface area contributed by atoms with Crippen LogP contribution in [0.25, 0.3) is 0 Å². The molecular weight excluding hydrogens is 380 g/mol. The largest absolute Gasteiger partial charge is 0.445 e. The molecule has 0 aliphatic heterocycles. The average molecular weight is 402 g/mol. The second-order valence-electron chi connectivity index (χ2n) is 7.13. The summed E-state index contributed by atoms with van der Waals surface area (Å²) in [5.41, 5.74) is 10.4. The number of nitrogens with two attached hydrogens (primary N) is 1. The van der Waals surface area contributed by atoms with Crippen LogP contribution in [0.1, 0.15) is 39.5 Å². The Labute approximate surface area is 174 Å². The molecule has 7 nitrogen and oxygen atoms in total. The van der Waals surface area contributed by atoms with Gasteiger partial charge in [-0.2, -0.15) is 0 Å². The minimum absolute atomic E-state index is 0.136. The molecule has 0 spiro atoms. The number of aromatic nitrogens is 1. The lowest BCUT2D eigenvalue weighted by Gasteiger charge is -2.15. The van der Waals surface area contributed by atoms with Gasteiger partial charge in [-0.05, 0) is 54.3 Å². The van der Waals surface area contributed by atoms with Crippen molar-refractivity contribution in [2.45, 2.75) is 25.5 Å². The Bertz CT molecular complexity index is 1070. The maximum atomic E-state index is 12.6. The number of carbonyl (C=O) groups is 2. The van der Waals surface area contributed by atoms with Gasteiger partial charge in [0.1, 0.15) is 6.61 Å². The molecule has 2 aromatic carbocycles. The van der Waals surface area contributed by atoms with E-state index >= 15 is 0 Å². The van der Waals surface area contributed by atoms with E-state index in [0.29, 0.717) is 16.9 Å². The summed E-state index contributed by atoms with van der Waals surface area (Å²) in [4.78, 5) is 28.7. The fourth-order valence-electron chi connectivity index (χ4n) is 3.53. The van der Waals surface area contributed by atoms with E-state index in [2.05, 4.69) is 15.6 Å². The number of nitrogens with zero attached hydrogens (tertiary/aromatic N) is 1. The zero-order chi connectivity index (χ0) is 20.9. The summed E-state index contributed by atoms with van der Waals surface area (Å²) in [5.74, 6) is -0.219. The second-order valence-corrected chi connectivity index (χ2v) is 7.13. The van der Waals surface area contributed by atoms with Crippen molar-refractivity contribution in [1.82, 2.24) is 10.3 Å². The van der Waals surface area contributed by atoms with Crippen LogP contribution in [0.4, 0.5) is 16.2 Å². The Balaban J connectivity index is 1.38. The first kappa shape index (κ1) is 19.4. The van der Waals surface area contributed by atoms with Crippen molar-refractivity contribution in [1.29, 1.82) is 0 Å². The number of rotatable bonds is 5. The molecule has 7 heteroatoms. The Morgan fingerprint density at radius 3 is 2.80 bits per heavy atom. The Morgan fingerprint density at radius 2 is 2.00 bits per heavy atom. The lowest BCUT2D eigenvalue weighted by Crippen LogP contribution is -2.27. The molecule has 4 rings (SSSR count). The molecule has 152 valence electrons. The third-order valence-electron chi connectivity index (χ3n) is 5.08. The quantitative estimate of drug-likeness (QED) is 0.563. The van der Waals surface area contributed by atoms with Crippen molar-refractivity contribution < 1.29 is 14.3 Å². The fraction of sp³-hybridized carbons (Fsp3) is 0.174. The third-order valence-corrected chi connectivity index (χ3v) is 5.08. The molecule has 1 aliphatic carbocycles. The standard InChI is InChI=1S/C23H22N4O3/c24-19-5-1-2-6-21(19)26-22(28)17-7-9-18-16(12-17)8-10-20(18)27-23(29)30-14-15-4-3-11-25-13-15/h1-7,9,11-13,20H,8,10,14,24H2,(H,26,28)(H,27,29)/t20-/m0/s1. The van der Waals surface area contributed by atoms with E-state index in [1.807, 2.05) is 30.3 Å². The molecule has 0 saturated heterocycles. The zero-order valence-corrected chi connectivity index (χ0v) is 16.3. The second kappa shape index (κ2) is 8.65. The first-order chi connectivity index (χ1) is 14.6. The summed E-state index contributed by atoms with van der Waals surface area (Å²) in [6.07, 6.45) is 4.39. The number of pyridine rings is 1. The molecule has 30 heavy (non-hydrogen) atoms. The van der Waals surface area contributed by atoms with E-state index in [1.165, 1.54) is 0 Å². The molecule has 4 N–H and O–H groups in total. The highest BCUT2D eigenvalue weighted by Gasteiger charge is 2.25. The number of hydrogen-bond acceptors (Lipinski definition) is 5. The molecule has 1 aliphatic rings. The lowest BCUT2D eigenvalue weighted by molar-refractivity contribution is 0.102. The maximum absolute atomic E-state index is 12.6. The van der Waals surface area contributed by atoms with Crippen molar-refractivity contribution in [2.75, 3.05) is 11.1 Å². The van der Waals surface area contributed by atoms with E-state index in [4.69, 9.17) is 10.5 Å². The fourth-order valence-corrected chi connectivity index (χ4v) is 3.53. The number of nitrogen functional groups attached to an aromatic ring is 1. The smallest absolute Gasteiger partial charge is 0.407 e. The number of amides is 2. The van der Waals surface area contributed by atoms with Crippen LogP contribution >= 0.6 is 0 Å². The molecule has 0 bridgehead atoms. The van der Waals surface area contributed by atoms with Crippen molar-refractivity contribution in [3.63, 3.8) is 0 Å². The highest BCUT2D eigenvalue weighted by atomic mass is 16.5. The van der Waals surface area contributed by atoms with Crippen molar-refractivity contribution in [2.24, 2.45) is 0 Å². The number of hydrogen-bond donors (Lipinski definition) is 3. The van der Waals surface area contributed by atoms with Crippen LogP contribution in [0.5, 0.6) is 0 Å². The molecule has 0 unspecified atom stereocenters. The van der Waals surface area contributed by atoms with Gasteiger partial charge in [0.25, 0.3) is 5.91 Å². The van der Waals surface area contributed by atoms with Crippen LogP contribution in [-0.4, -0.2) is 17.0 Å². The first-order valence-corrected chi connectivity index (χ1v) is 9.71. The molecule has 1 heterocycles. The Morgan fingerprint density at radius 1 is 1.13 bits per heavy atom. The lowest BCUT2D eigenvalue weighted by atomic mass is 10.0. The normalized spacial score (nSPS) is 14.6. The monoisotopic (exact) mass is 402 g/mol. The Hall–Kier alpha value is -3.87. The predicted octanol–water partition coefficient (Wildman–Crippen LogP) is 3.83. The minimum atomic E-state index is -0.474. The van der Waals surface area contributed by atoms with Crippen LogP contribution in [0.15, 0.2) is 67.0 Å². The highest BCUT2D eigenvalue weighted by Crippen LogP contribution is 2.32. The average Bonchev–Trinajstić information content (AvgIpc) is 3.16.